The quantitative estimate of drug-likeness (QED) is 0.805. The first kappa shape index (κ1) is 11.3. The molecule has 0 aliphatic carbocycles. The van der Waals surface area contributed by atoms with Gasteiger partial charge in [-0.2, -0.15) is 0 Å². The Bertz CT molecular complexity index is 392. The molecule has 1 aliphatic rings. The maximum absolute atomic E-state index is 12.1. The van der Waals surface area contributed by atoms with Gasteiger partial charge in [0.2, 0.25) is 10.1 Å². The minimum Gasteiger partial charge on any atom is -0.374 e. The number of aromatic nitrogens is 2. The highest BCUT2D eigenvalue weighted by Gasteiger charge is 2.29. The van der Waals surface area contributed by atoms with Crippen LogP contribution in [0.2, 0.25) is 0 Å². The van der Waals surface area contributed by atoms with E-state index in [1.165, 1.54) is 0 Å². The lowest BCUT2D eigenvalue weighted by Crippen LogP contribution is -2.44. The van der Waals surface area contributed by atoms with Crippen molar-refractivity contribution < 1.29 is 4.79 Å². The summed E-state index contributed by atoms with van der Waals surface area (Å²) < 4.78 is 0. The third-order valence-corrected chi connectivity index (χ3v) is 3.76. The van der Waals surface area contributed by atoms with Crippen molar-refractivity contribution in [2.75, 3.05) is 12.3 Å². The zero-order valence-electron chi connectivity index (χ0n) is 9.51. The van der Waals surface area contributed by atoms with Crippen LogP contribution < -0.4 is 5.73 Å². The molecule has 2 rings (SSSR count). The van der Waals surface area contributed by atoms with Crippen LogP contribution in [0.1, 0.15) is 36.5 Å². The highest BCUT2D eigenvalue weighted by molar-refractivity contribution is 7.16. The number of anilines is 1. The maximum Gasteiger partial charge on any atom is 0.285 e. The van der Waals surface area contributed by atoms with Gasteiger partial charge in [0.25, 0.3) is 5.91 Å². The van der Waals surface area contributed by atoms with Crippen molar-refractivity contribution in [1.82, 2.24) is 15.1 Å². The number of likely N-dealkylation sites (tertiary alicyclic amines) is 1. The number of nitrogens with two attached hydrogens (primary N) is 1. The largest absolute Gasteiger partial charge is 0.374 e. The van der Waals surface area contributed by atoms with Crippen LogP contribution >= 0.6 is 11.3 Å². The molecule has 2 unspecified atom stereocenters. The Morgan fingerprint density at radius 2 is 2.25 bits per heavy atom. The molecule has 88 valence electrons. The predicted octanol–water partition coefficient (Wildman–Crippen LogP) is 1.38. The van der Waals surface area contributed by atoms with E-state index in [0.717, 1.165) is 30.7 Å². The predicted molar refractivity (Wildman–Crippen MR) is 63.2 cm³/mol. The lowest BCUT2D eigenvalue weighted by molar-refractivity contribution is 0.0587. The number of hydrogen-bond acceptors (Lipinski definition) is 5. The Kier molecular flexibility index (Phi) is 3.09. The van der Waals surface area contributed by atoms with Gasteiger partial charge in [-0.1, -0.05) is 18.3 Å². The van der Waals surface area contributed by atoms with E-state index in [4.69, 9.17) is 5.73 Å². The second-order valence-corrected chi connectivity index (χ2v) is 5.43. The lowest BCUT2D eigenvalue weighted by atomic mass is 9.93. The molecule has 1 amide bonds. The molecule has 1 fully saturated rings. The molecule has 1 saturated heterocycles. The smallest absolute Gasteiger partial charge is 0.285 e. The van der Waals surface area contributed by atoms with E-state index in [0.29, 0.717) is 16.1 Å². The molecule has 5 nitrogen and oxygen atoms in total. The summed E-state index contributed by atoms with van der Waals surface area (Å²) in [5.41, 5.74) is 5.48. The van der Waals surface area contributed by atoms with E-state index in [1.807, 2.05) is 4.90 Å². The third kappa shape index (κ3) is 2.16. The number of nitrogen functional groups attached to an aromatic ring is 1. The Balaban J connectivity index is 2.10. The fourth-order valence-electron chi connectivity index (χ4n) is 2.15. The highest BCUT2D eigenvalue weighted by Crippen LogP contribution is 2.24. The fourth-order valence-corrected chi connectivity index (χ4v) is 2.72. The Morgan fingerprint density at radius 1 is 1.50 bits per heavy atom. The molecule has 0 aromatic carbocycles. The van der Waals surface area contributed by atoms with Gasteiger partial charge in [0.1, 0.15) is 0 Å². The molecule has 6 heteroatoms. The van der Waals surface area contributed by atoms with Gasteiger partial charge in [-0.3, -0.25) is 4.79 Å². The van der Waals surface area contributed by atoms with Gasteiger partial charge in [-0.15, -0.1) is 10.2 Å². The fraction of sp³-hybridized carbons (Fsp3) is 0.700. The van der Waals surface area contributed by atoms with Crippen molar-refractivity contribution in [1.29, 1.82) is 0 Å². The first-order chi connectivity index (χ1) is 7.58. The molecule has 2 N–H and O–H groups in total. The van der Waals surface area contributed by atoms with Crippen LogP contribution in [0.15, 0.2) is 0 Å². The summed E-state index contributed by atoms with van der Waals surface area (Å²) in [6, 6.07) is 0.279. The minimum absolute atomic E-state index is 0.0337. The lowest BCUT2D eigenvalue weighted by Gasteiger charge is -2.35. The summed E-state index contributed by atoms with van der Waals surface area (Å²) in [5.74, 6) is 0.659. The zero-order valence-corrected chi connectivity index (χ0v) is 10.3. The monoisotopic (exact) mass is 240 g/mol. The molecule has 0 spiro atoms. The van der Waals surface area contributed by atoms with E-state index in [9.17, 15) is 4.79 Å². The van der Waals surface area contributed by atoms with Gasteiger partial charge in [-0.05, 0) is 25.7 Å². The molecule has 2 heterocycles. The van der Waals surface area contributed by atoms with Gasteiger partial charge < -0.3 is 10.6 Å². The molecule has 1 aromatic rings. The summed E-state index contributed by atoms with van der Waals surface area (Å²) in [7, 11) is 0. The summed E-state index contributed by atoms with van der Waals surface area (Å²) in [6.07, 6.45) is 2.12. The van der Waals surface area contributed by atoms with Gasteiger partial charge in [-0.25, -0.2) is 0 Å². The van der Waals surface area contributed by atoms with E-state index >= 15 is 0 Å². The number of amides is 1. The van der Waals surface area contributed by atoms with Crippen LogP contribution in [0.4, 0.5) is 5.13 Å². The number of piperidine rings is 1. The molecule has 0 saturated carbocycles. The molecule has 0 bridgehead atoms. The molecule has 1 aliphatic heterocycles. The normalized spacial score (nSPS) is 25.8. The molecule has 0 radical (unpaired) electrons. The first-order valence-corrected chi connectivity index (χ1v) is 6.29. The van der Waals surface area contributed by atoms with Crippen LogP contribution in [0.3, 0.4) is 0 Å². The second-order valence-electron chi connectivity index (χ2n) is 4.42. The number of carbonyl (C=O) groups excluding carboxylic acids is 1. The van der Waals surface area contributed by atoms with Crippen molar-refractivity contribution in [3.63, 3.8) is 0 Å². The number of carbonyl (C=O) groups is 1. The number of rotatable bonds is 1. The van der Waals surface area contributed by atoms with Crippen molar-refractivity contribution in [3.05, 3.63) is 5.01 Å². The summed E-state index contributed by atoms with van der Waals surface area (Å²) in [6.45, 7) is 5.11. The van der Waals surface area contributed by atoms with Gasteiger partial charge >= 0.3 is 0 Å². The minimum atomic E-state index is -0.0337. The van der Waals surface area contributed by atoms with Crippen molar-refractivity contribution in [3.8, 4) is 0 Å². The van der Waals surface area contributed by atoms with Gasteiger partial charge in [0.05, 0.1) is 0 Å². The number of nitrogens with zero attached hydrogens (tertiary/aromatic N) is 3. The Hall–Kier alpha value is -1.17. The molecular weight excluding hydrogens is 224 g/mol. The summed E-state index contributed by atoms with van der Waals surface area (Å²) in [4.78, 5) is 14.0. The van der Waals surface area contributed by atoms with Gasteiger partial charge in [0, 0.05) is 12.6 Å². The second kappa shape index (κ2) is 4.37. The van der Waals surface area contributed by atoms with Crippen LogP contribution in [-0.4, -0.2) is 33.6 Å². The third-order valence-electron chi connectivity index (χ3n) is 3.02. The van der Waals surface area contributed by atoms with Crippen LogP contribution in [0, 0.1) is 5.92 Å². The molecule has 1 aromatic heterocycles. The van der Waals surface area contributed by atoms with E-state index in [1.54, 1.807) is 0 Å². The average molecular weight is 240 g/mol. The number of hydrogen-bond donors (Lipinski definition) is 1. The van der Waals surface area contributed by atoms with Crippen LogP contribution in [-0.2, 0) is 0 Å². The molecular formula is C10H16N4OS. The standard InChI is InChI=1S/C10H16N4OS/c1-6-3-4-14(7(2)5-6)9(15)8-12-13-10(11)16-8/h6-7H,3-5H2,1-2H3,(H2,11,13). The SMILES string of the molecule is CC1CCN(C(=O)c2nnc(N)s2)C(C)C1. The van der Waals surface area contributed by atoms with Crippen molar-refractivity contribution in [2.24, 2.45) is 5.92 Å². The van der Waals surface area contributed by atoms with E-state index in [-0.39, 0.29) is 11.9 Å². The average Bonchev–Trinajstić information content (AvgIpc) is 2.64. The Labute approximate surface area is 98.7 Å². The summed E-state index contributed by atoms with van der Waals surface area (Å²) >= 11 is 1.16. The van der Waals surface area contributed by atoms with E-state index in [2.05, 4.69) is 24.0 Å². The van der Waals surface area contributed by atoms with Crippen molar-refractivity contribution in [2.45, 2.75) is 32.7 Å². The zero-order chi connectivity index (χ0) is 11.7. The maximum atomic E-state index is 12.1. The molecule has 2 atom stereocenters. The van der Waals surface area contributed by atoms with E-state index < -0.39 is 0 Å². The van der Waals surface area contributed by atoms with Crippen molar-refractivity contribution >= 4 is 22.4 Å². The van der Waals surface area contributed by atoms with Gasteiger partial charge in [0.15, 0.2) is 0 Å². The van der Waals surface area contributed by atoms with Crippen LogP contribution in [0.5, 0.6) is 0 Å². The molecule has 16 heavy (non-hydrogen) atoms. The summed E-state index contributed by atoms with van der Waals surface area (Å²) in [5, 5.41) is 8.22. The highest BCUT2D eigenvalue weighted by atomic mass is 32.1. The topological polar surface area (TPSA) is 72.1 Å². The van der Waals surface area contributed by atoms with Crippen LogP contribution in [0.25, 0.3) is 0 Å². The first-order valence-electron chi connectivity index (χ1n) is 5.48. The Morgan fingerprint density at radius 3 is 2.81 bits per heavy atom.